The van der Waals surface area contributed by atoms with Crippen molar-refractivity contribution in [3.8, 4) is 5.75 Å². The minimum Gasteiger partial charge on any atom is -0.563 e. The lowest BCUT2D eigenvalue weighted by atomic mass is 9.99. The zero-order chi connectivity index (χ0) is 19.4. The van der Waals surface area contributed by atoms with E-state index < -0.39 is 0 Å². The summed E-state index contributed by atoms with van der Waals surface area (Å²) < 4.78 is 10.8. The summed E-state index contributed by atoms with van der Waals surface area (Å²) in [6, 6.07) is 17.5. The summed E-state index contributed by atoms with van der Waals surface area (Å²) in [6.45, 7) is 6.00. The molecule has 3 rings (SSSR count). The summed E-state index contributed by atoms with van der Waals surface area (Å²) in [5, 5.41) is 2.29. The highest BCUT2D eigenvalue weighted by Gasteiger charge is 2.10. The largest absolute Gasteiger partial charge is 0.563 e. The second kappa shape index (κ2) is 8.13. The van der Waals surface area contributed by atoms with E-state index in [-0.39, 0.29) is 5.78 Å². The molecule has 27 heavy (non-hydrogen) atoms. The van der Waals surface area contributed by atoms with Crippen molar-refractivity contribution in [3.63, 3.8) is 0 Å². The number of rotatable bonds is 6. The van der Waals surface area contributed by atoms with E-state index in [9.17, 15) is 4.79 Å². The number of ether oxygens (including phenoxy) is 1. The lowest BCUT2D eigenvalue weighted by Crippen LogP contribution is -2.01. The Labute approximate surface area is 160 Å². The van der Waals surface area contributed by atoms with Crippen LogP contribution in [0, 0.1) is 13.8 Å². The van der Waals surface area contributed by atoms with Gasteiger partial charge in [0.25, 0.3) is 0 Å². The van der Waals surface area contributed by atoms with Gasteiger partial charge in [0.15, 0.2) is 5.78 Å². The molecule has 0 unspecified atom stereocenters. The van der Waals surface area contributed by atoms with Crippen molar-refractivity contribution in [3.05, 3.63) is 82.9 Å². The van der Waals surface area contributed by atoms with Crippen LogP contribution in [0.25, 0.3) is 16.5 Å². The molecular weight excluding hydrogens is 335 g/mol. The summed E-state index contributed by atoms with van der Waals surface area (Å²) in [5.41, 5.74) is 3.95. The quantitative estimate of drug-likeness (QED) is 0.257. The van der Waals surface area contributed by atoms with Crippen LogP contribution in [0.5, 0.6) is 5.75 Å². The van der Waals surface area contributed by atoms with Crippen molar-refractivity contribution < 1.29 is 14.2 Å². The monoisotopic (exact) mass is 357 g/mol. The third kappa shape index (κ3) is 4.22. The highest BCUT2D eigenvalue weighted by molar-refractivity contribution is 6.27. The molecule has 135 valence electrons. The molecule has 3 aromatic rings. The van der Waals surface area contributed by atoms with Crippen molar-refractivity contribution in [2.45, 2.75) is 20.7 Å². The molecule has 0 amide bonds. The van der Waals surface area contributed by atoms with E-state index in [1.54, 1.807) is 45.7 Å². The number of hydrogen-bond donors (Lipinski definition) is 0. The van der Waals surface area contributed by atoms with Gasteiger partial charge in [0.1, 0.15) is 11.5 Å². The Morgan fingerprint density at radius 1 is 0.889 bits per heavy atom. The maximum Gasteiger partial charge on any atom is 0.366 e. The number of fused-ring (bicyclic) bond motifs is 1. The van der Waals surface area contributed by atoms with Gasteiger partial charge in [0.2, 0.25) is 0 Å². The number of hydrogen-bond acceptors (Lipinski definition) is 3. The molecule has 0 spiro atoms. The van der Waals surface area contributed by atoms with E-state index in [1.807, 2.05) is 6.07 Å². The number of carbonyl (C=O) groups excluding carboxylic acids is 1. The van der Waals surface area contributed by atoms with Crippen molar-refractivity contribution in [2.75, 3.05) is 7.11 Å². The zero-order valence-corrected chi connectivity index (χ0v) is 16.1. The maximum absolute atomic E-state index is 12.7. The number of carbonyl (C=O) groups is 1. The Morgan fingerprint density at radius 3 is 2.15 bits per heavy atom. The topological polar surface area (TPSA) is 35.5 Å². The molecule has 0 saturated heterocycles. The van der Waals surface area contributed by atoms with E-state index in [0.717, 1.165) is 10.9 Å². The average Bonchev–Trinajstić information content (AvgIpc) is 2.68. The van der Waals surface area contributed by atoms with E-state index in [1.165, 1.54) is 22.6 Å². The van der Waals surface area contributed by atoms with Crippen LogP contribution in [0.2, 0.25) is 6.82 Å². The fourth-order valence-corrected chi connectivity index (χ4v) is 2.95. The fraction of sp³-hybridized carbons (Fsp3) is 0.174. The van der Waals surface area contributed by atoms with Gasteiger partial charge < -0.3 is 9.39 Å². The minimum absolute atomic E-state index is 0.116. The van der Waals surface area contributed by atoms with Gasteiger partial charge in [-0.15, -0.1) is 0 Å². The Bertz CT molecular complexity index is 1000. The van der Waals surface area contributed by atoms with E-state index in [4.69, 9.17) is 9.39 Å². The number of methoxy groups -OCH3 is 1. The van der Waals surface area contributed by atoms with E-state index >= 15 is 0 Å². The molecular formula is C23H22BO3. The highest BCUT2D eigenvalue weighted by Crippen LogP contribution is 2.25. The third-order valence-corrected chi connectivity index (χ3v) is 4.62. The normalized spacial score (nSPS) is 11.3. The van der Waals surface area contributed by atoms with Gasteiger partial charge >= 0.3 is 7.48 Å². The SMILES string of the molecule is C[B]O/C(=C\C(=O)c1ccc(OC)cc1)c1ccc2cc(C)c(C)cc2c1. The first-order valence-electron chi connectivity index (χ1n) is 8.88. The van der Waals surface area contributed by atoms with Gasteiger partial charge in [-0.1, -0.05) is 31.1 Å². The van der Waals surface area contributed by atoms with Crippen LogP contribution >= 0.6 is 0 Å². The highest BCUT2D eigenvalue weighted by atomic mass is 16.5. The van der Waals surface area contributed by atoms with Gasteiger partial charge in [-0.05, 0) is 66.1 Å². The number of benzene rings is 3. The van der Waals surface area contributed by atoms with Gasteiger partial charge in [0.05, 0.1) is 7.11 Å². The molecule has 0 fully saturated rings. The number of ketones is 1. The first-order valence-corrected chi connectivity index (χ1v) is 8.88. The van der Waals surface area contributed by atoms with E-state index in [2.05, 4.69) is 38.1 Å². The first kappa shape index (κ1) is 18.8. The molecule has 0 atom stereocenters. The molecule has 0 saturated carbocycles. The molecule has 0 aliphatic carbocycles. The summed E-state index contributed by atoms with van der Waals surface area (Å²) >= 11 is 0. The molecule has 3 nitrogen and oxygen atoms in total. The van der Waals surface area contributed by atoms with Gasteiger partial charge in [-0.3, -0.25) is 4.79 Å². The lowest BCUT2D eigenvalue weighted by Gasteiger charge is -2.11. The fourth-order valence-electron chi connectivity index (χ4n) is 2.95. The van der Waals surface area contributed by atoms with Gasteiger partial charge in [0, 0.05) is 17.2 Å². The maximum atomic E-state index is 12.7. The molecule has 4 heteroatoms. The van der Waals surface area contributed by atoms with Crippen LogP contribution in [0.15, 0.2) is 60.7 Å². The van der Waals surface area contributed by atoms with Crippen molar-refractivity contribution >= 4 is 29.8 Å². The minimum atomic E-state index is -0.116. The average molecular weight is 357 g/mol. The van der Waals surface area contributed by atoms with Crippen molar-refractivity contribution in [2.24, 2.45) is 0 Å². The number of allylic oxidation sites excluding steroid dienone is 1. The predicted molar refractivity (Wildman–Crippen MR) is 111 cm³/mol. The summed E-state index contributed by atoms with van der Waals surface area (Å²) in [4.78, 5) is 12.7. The smallest absolute Gasteiger partial charge is 0.366 e. The van der Waals surface area contributed by atoms with Crippen molar-refractivity contribution in [1.29, 1.82) is 0 Å². The van der Waals surface area contributed by atoms with Crippen LogP contribution in [0.3, 0.4) is 0 Å². The second-order valence-electron chi connectivity index (χ2n) is 6.45. The predicted octanol–water partition coefficient (Wildman–Crippen LogP) is 5.37. The first-order chi connectivity index (χ1) is 13.0. The van der Waals surface area contributed by atoms with Crippen molar-refractivity contribution in [1.82, 2.24) is 0 Å². The molecule has 0 bridgehead atoms. The van der Waals surface area contributed by atoms with Gasteiger partial charge in [-0.25, -0.2) is 0 Å². The summed E-state index contributed by atoms with van der Waals surface area (Å²) in [6.07, 6.45) is 1.53. The standard InChI is InChI=1S/C23H22BO3/c1-15-11-18-5-6-19(13-20(18)12-16(15)2)23(27-24-3)14-22(25)17-7-9-21(26-4)10-8-17/h5-14H,1-4H3/b23-14-. The van der Waals surface area contributed by atoms with Crippen LogP contribution < -0.4 is 4.74 Å². The molecule has 0 N–H and O–H groups in total. The zero-order valence-electron chi connectivity index (χ0n) is 16.1. The molecule has 0 aliphatic heterocycles. The summed E-state index contributed by atoms with van der Waals surface area (Å²) in [5.74, 6) is 1.13. The van der Waals surface area contributed by atoms with Crippen LogP contribution in [0.4, 0.5) is 0 Å². The Hall–Kier alpha value is -3.01. The lowest BCUT2D eigenvalue weighted by molar-refractivity contribution is 0.104. The Morgan fingerprint density at radius 2 is 1.52 bits per heavy atom. The van der Waals surface area contributed by atoms with Crippen LogP contribution in [0.1, 0.15) is 27.0 Å². The molecule has 0 heterocycles. The number of aryl methyl sites for hydroxylation is 2. The van der Waals surface area contributed by atoms with Gasteiger partial charge in [-0.2, -0.15) is 0 Å². The molecule has 0 aliphatic rings. The second-order valence-corrected chi connectivity index (χ2v) is 6.45. The van der Waals surface area contributed by atoms with Crippen LogP contribution in [-0.4, -0.2) is 20.4 Å². The molecule has 0 aromatic heterocycles. The van der Waals surface area contributed by atoms with E-state index in [0.29, 0.717) is 17.1 Å². The molecule has 3 aromatic carbocycles. The van der Waals surface area contributed by atoms with Crippen LogP contribution in [-0.2, 0) is 4.65 Å². The Balaban J connectivity index is 1.98. The Kier molecular flexibility index (Phi) is 5.65. The molecule has 1 radical (unpaired) electrons. The third-order valence-electron chi connectivity index (χ3n) is 4.62. The summed E-state index contributed by atoms with van der Waals surface area (Å²) in [7, 11) is 3.18.